The van der Waals surface area contributed by atoms with Crippen molar-refractivity contribution >= 4 is 6.21 Å². The largest absolute Gasteiger partial charge is 0.504 e. The molecule has 0 saturated carbocycles. The van der Waals surface area contributed by atoms with E-state index in [2.05, 4.69) is 17.1 Å². The van der Waals surface area contributed by atoms with Crippen molar-refractivity contribution in [2.75, 3.05) is 13.2 Å². The number of ether oxygens (including phenoxy) is 1. The van der Waals surface area contributed by atoms with Gasteiger partial charge in [0, 0.05) is 12.8 Å². The monoisotopic (exact) mass is 269 g/mol. The Hall–Kier alpha value is -2.29. The van der Waals surface area contributed by atoms with Crippen LogP contribution in [0.4, 0.5) is 0 Å². The maximum Gasteiger partial charge on any atom is 0.161 e. The molecule has 2 aromatic rings. The molecular formula is C17H19NO2. The average molecular weight is 269 g/mol. The standard InChI is InChI=1S/C17H19NO2/c1-2-20-17-12-15(8-9-16(17)19)13-18-11-10-14-6-4-3-5-7-14/h3-9,12-13,19H,2,10-11H2,1H3. The Kier molecular flexibility index (Phi) is 5.18. The molecule has 0 aliphatic heterocycles. The van der Waals surface area contributed by atoms with Gasteiger partial charge in [-0.15, -0.1) is 0 Å². The van der Waals surface area contributed by atoms with E-state index < -0.39 is 0 Å². The van der Waals surface area contributed by atoms with Crippen LogP contribution in [-0.2, 0) is 6.42 Å². The Morgan fingerprint density at radius 1 is 1.15 bits per heavy atom. The molecule has 0 radical (unpaired) electrons. The summed E-state index contributed by atoms with van der Waals surface area (Å²) >= 11 is 0. The molecule has 0 saturated heterocycles. The highest BCUT2D eigenvalue weighted by Gasteiger charge is 2.01. The van der Waals surface area contributed by atoms with Crippen LogP contribution in [0.5, 0.6) is 11.5 Å². The molecule has 0 fully saturated rings. The molecule has 0 aromatic heterocycles. The van der Waals surface area contributed by atoms with Gasteiger partial charge in [-0.25, -0.2) is 0 Å². The van der Waals surface area contributed by atoms with Gasteiger partial charge in [-0.05, 0) is 42.7 Å². The Morgan fingerprint density at radius 3 is 2.70 bits per heavy atom. The number of rotatable bonds is 6. The van der Waals surface area contributed by atoms with Crippen molar-refractivity contribution in [3.63, 3.8) is 0 Å². The Balaban J connectivity index is 1.92. The second kappa shape index (κ2) is 7.34. The lowest BCUT2D eigenvalue weighted by Gasteiger charge is -2.05. The van der Waals surface area contributed by atoms with E-state index in [0.717, 1.165) is 18.5 Å². The van der Waals surface area contributed by atoms with Crippen molar-refractivity contribution in [2.45, 2.75) is 13.3 Å². The van der Waals surface area contributed by atoms with Crippen LogP contribution >= 0.6 is 0 Å². The van der Waals surface area contributed by atoms with Crippen LogP contribution in [0.15, 0.2) is 53.5 Å². The molecule has 2 rings (SSSR count). The molecule has 0 spiro atoms. The van der Waals surface area contributed by atoms with E-state index in [1.54, 1.807) is 12.1 Å². The minimum Gasteiger partial charge on any atom is -0.504 e. The van der Waals surface area contributed by atoms with E-state index in [-0.39, 0.29) is 5.75 Å². The van der Waals surface area contributed by atoms with Crippen LogP contribution in [0.3, 0.4) is 0 Å². The van der Waals surface area contributed by atoms with Crippen LogP contribution < -0.4 is 4.74 Å². The number of aliphatic imine (C=N–C) groups is 1. The Bertz CT molecular complexity index is 564. The first kappa shape index (κ1) is 14.1. The number of phenolic OH excluding ortho intramolecular Hbond substituents is 1. The van der Waals surface area contributed by atoms with Gasteiger partial charge in [0.05, 0.1) is 6.61 Å². The summed E-state index contributed by atoms with van der Waals surface area (Å²) in [5.74, 6) is 0.660. The maximum absolute atomic E-state index is 9.62. The van der Waals surface area contributed by atoms with Crippen molar-refractivity contribution < 1.29 is 9.84 Å². The smallest absolute Gasteiger partial charge is 0.161 e. The van der Waals surface area contributed by atoms with E-state index in [4.69, 9.17) is 4.74 Å². The fraction of sp³-hybridized carbons (Fsp3) is 0.235. The third-order valence-electron chi connectivity index (χ3n) is 2.90. The molecule has 20 heavy (non-hydrogen) atoms. The molecule has 0 heterocycles. The van der Waals surface area contributed by atoms with E-state index in [1.807, 2.05) is 37.4 Å². The summed E-state index contributed by atoms with van der Waals surface area (Å²) in [5, 5.41) is 9.62. The van der Waals surface area contributed by atoms with E-state index in [9.17, 15) is 5.11 Å². The molecule has 3 heteroatoms. The summed E-state index contributed by atoms with van der Waals surface area (Å²) in [6.45, 7) is 3.16. The van der Waals surface area contributed by atoms with Crippen molar-refractivity contribution in [3.05, 3.63) is 59.7 Å². The molecule has 0 atom stereocenters. The summed E-state index contributed by atoms with van der Waals surface area (Å²) < 4.78 is 5.34. The van der Waals surface area contributed by atoms with Crippen molar-refractivity contribution in [2.24, 2.45) is 4.99 Å². The summed E-state index contributed by atoms with van der Waals surface area (Å²) in [7, 11) is 0. The first-order chi connectivity index (χ1) is 9.79. The Morgan fingerprint density at radius 2 is 1.95 bits per heavy atom. The molecule has 1 N–H and O–H groups in total. The lowest BCUT2D eigenvalue weighted by atomic mass is 10.1. The van der Waals surface area contributed by atoms with Gasteiger partial charge in [-0.1, -0.05) is 30.3 Å². The second-order valence-electron chi connectivity index (χ2n) is 4.43. The van der Waals surface area contributed by atoms with Gasteiger partial charge in [0.2, 0.25) is 0 Å². The van der Waals surface area contributed by atoms with Crippen LogP contribution in [0.25, 0.3) is 0 Å². The molecule has 0 bridgehead atoms. The number of aromatic hydroxyl groups is 1. The minimum absolute atomic E-state index is 0.160. The van der Waals surface area contributed by atoms with Crippen molar-refractivity contribution in [1.29, 1.82) is 0 Å². The van der Waals surface area contributed by atoms with E-state index >= 15 is 0 Å². The second-order valence-corrected chi connectivity index (χ2v) is 4.43. The number of benzene rings is 2. The normalized spacial score (nSPS) is 10.8. The molecule has 0 aliphatic rings. The van der Waals surface area contributed by atoms with Crippen molar-refractivity contribution in [1.82, 2.24) is 0 Å². The molecular weight excluding hydrogens is 250 g/mol. The zero-order chi connectivity index (χ0) is 14.2. The summed E-state index contributed by atoms with van der Waals surface area (Å²) in [6, 6.07) is 15.5. The van der Waals surface area contributed by atoms with E-state index in [1.165, 1.54) is 5.56 Å². The van der Waals surface area contributed by atoms with Gasteiger partial charge < -0.3 is 9.84 Å². The zero-order valence-electron chi connectivity index (χ0n) is 11.6. The first-order valence-corrected chi connectivity index (χ1v) is 6.79. The van der Waals surface area contributed by atoms with Gasteiger partial charge in [0.25, 0.3) is 0 Å². The summed E-state index contributed by atoms with van der Waals surface area (Å²) in [4.78, 5) is 4.41. The van der Waals surface area contributed by atoms with Crippen LogP contribution in [-0.4, -0.2) is 24.5 Å². The first-order valence-electron chi connectivity index (χ1n) is 6.79. The predicted octanol–water partition coefficient (Wildman–Crippen LogP) is 3.45. The van der Waals surface area contributed by atoms with Gasteiger partial charge in [-0.3, -0.25) is 4.99 Å². The lowest BCUT2D eigenvalue weighted by molar-refractivity contribution is 0.318. The van der Waals surface area contributed by atoms with Crippen LogP contribution in [0.1, 0.15) is 18.1 Å². The highest BCUT2D eigenvalue weighted by Crippen LogP contribution is 2.26. The highest BCUT2D eigenvalue weighted by atomic mass is 16.5. The highest BCUT2D eigenvalue weighted by molar-refractivity contribution is 5.80. The molecule has 0 unspecified atom stereocenters. The van der Waals surface area contributed by atoms with Gasteiger partial charge in [0.15, 0.2) is 11.5 Å². The fourth-order valence-corrected chi connectivity index (χ4v) is 1.89. The number of nitrogens with zero attached hydrogens (tertiary/aromatic N) is 1. The topological polar surface area (TPSA) is 41.8 Å². The molecule has 0 aliphatic carbocycles. The number of hydrogen-bond donors (Lipinski definition) is 1. The summed E-state index contributed by atoms with van der Waals surface area (Å²) in [5.41, 5.74) is 2.21. The molecule has 3 nitrogen and oxygen atoms in total. The van der Waals surface area contributed by atoms with Gasteiger partial charge >= 0.3 is 0 Å². The van der Waals surface area contributed by atoms with E-state index in [0.29, 0.717) is 12.4 Å². The van der Waals surface area contributed by atoms with Crippen LogP contribution in [0.2, 0.25) is 0 Å². The molecule has 2 aromatic carbocycles. The van der Waals surface area contributed by atoms with Crippen LogP contribution in [0, 0.1) is 0 Å². The van der Waals surface area contributed by atoms with Crippen molar-refractivity contribution in [3.8, 4) is 11.5 Å². The number of phenols is 1. The zero-order valence-corrected chi connectivity index (χ0v) is 11.6. The lowest BCUT2D eigenvalue weighted by Crippen LogP contribution is -1.94. The fourth-order valence-electron chi connectivity index (χ4n) is 1.89. The quantitative estimate of drug-likeness (QED) is 0.816. The van der Waals surface area contributed by atoms with Gasteiger partial charge in [-0.2, -0.15) is 0 Å². The summed E-state index contributed by atoms with van der Waals surface area (Å²) in [6.07, 6.45) is 2.73. The molecule has 104 valence electrons. The SMILES string of the molecule is CCOc1cc(C=NCCc2ccccc2)ccc1O. The average Bonchev–Trinajstić information content (AvgIpc) is 2.48. The minimum atomic E-state index is 0.160. The number of hydrogen-bond acceptors (Lipinski definition) is 3. The predicted molar refractivity (Wildman–Crippen MR) is 81.9 cm³/mol. The Labute approximate surface area is 119 Å². The molecule has 0 amide bonds. The maximum atomic E-state index is 9.62. The van der Waals surface area contributed by atoms with Gasteiger partial charge in [0.1, 0.15) is 0 Å². The third kappa shape index (κ3) is 4.12. The third-order valence-corrected chi connectivity index (χ3v) is 2.90.